The second kappa shape index (κ2) is 6.85. The van der Waals surface area contributed by atoms with Crippen LogP contribution in [0.5, 0.6) is 0 Å². The van der Waals surface area contributed by atoms with Gasteiger partial charge in [-0.25, -0.2) is 0 Å². The van der Waals surface area contributed by atoms with Gasteiger partial charge in [-0.05, 0) is 29.7 Å². The molecule has 1 amide bonds. The summed E-state index contributed by atoms with van der Waals surface area (Å²) in [6.07, 6.45) is 4.39. The lowest BCUT2D eigenvalue weighted by molar-refractivity contribution is -0.125. The lowest BCUT2D eigenvalue weighted by atomic mass is 9.85. The standard InChI is InChI=1S/C19H21N3OS/c23-19(21-12-14-4-3-7-20-11-14)16-10-15-5-1-2-6-17(15)22-8-9-24-13-18(16)22/h1-7,11,16,18H,8-10,12-13H2,(H,21,23). The number of carbonyl (C=O) groups excluding carboxylic acids is 1. The van der Waals surface area contributed by atoms with Crippen LogP contribution in [0.4, 0.5) is 5.69 Å². The van der Waals surface area contributed by atoms with Gasteiger partial charge in [0.2, 0.25) is 5.91 Å². The first-order valence-electron chi connectivity index (χ1n) is 8.42. The summed E-state index contributed by atoms with van der Waals surface area (Å²) in [7, 11) is 0. The molecule has 5 heteroatoms. The number of fused-ring (bicyclic) bond motifs is 3. The van der Waals surface area contributed by atoms with Crippen LogP contribution in [-0.4, -0.2) is 35.0 Å². The van der Waals surface area contributed by atoms with Gasteiger partial charge in [0.05, 0.1) is 5.92 Å². The van der Waals surface area contributed by atoms with Gasteiger partial charge in [-0.15, -0.1) is 0 Å². The van der Waals surface area contributed by atoms with Gasteiger partial charge in [-0.1, -0.05) is 24.3 Å². The number of nitrogens with one attached hydrogen (secondary N) is 1. The third-order valence-electron chi connectivity index (χ3n) is 4.90. The smallest absolute Gasteiger partial charge is 0.225 e. The van der Waals surface area contributed by atoms with Gasteiger partial charge in [-0.2, -0.15) is 11.8 Å². The zero-order chi connectivity index (χ0) is 16.4. The Labute approximate surface area is 146 Å². The van der Waals surface area contributed by atoms with Crippen LogP contribution < -0.4 is 10.2 Å². The van der Waals surface area contributed by atoms with Gasteiger partial charge >= 0.3 is 0 Å². The number of benzene rings is 1. The van der Waals surface area contributed by atoms with Crippen molar-refractivity contribution in [3.8, 4) is 0 Å². The van der Waals surface area contributed by atoms with Gasteiger partial charge in [-0.3, -0.25) is 9.78 Å². The van der Waals surface area contributed by atoms with E-state index in [2.05, 4.69) is 39.5 Å². The average molecular weight is 339 g/mol. The van der Waals surface area contributed by atoms with Crippen LogP contribution in [0.2, 0.25) is 0 Å². The van der Waals surface area contributed by atoms with E-state index >= 15 is 0 Å². The van der Waals surface area contributed by atoms with Crippen molar-refractivity contribution in [1.29, 1.82) is 0 Å². The fourth-order valence-corrected chi connectivity index (χ4v) is 4.83. The molecule has 1 saturated heterocycles. The third-order valence-corrected chi connectivity index (χ3v) is 5.95. The molecule has 3 heterocycles. The Balaban J connectivity index is 1.52. The lowest BCUT2D eigenvalue weighted by Gasteiger charge is -2.45. The fraction of sp³-hybridized carbons (Fsp3) is 0.368. The molecule has 1 aromatic heterocycles. The zero-order valence-electron chi connectivity index (χ0n) is 13.5. The number of amides is 1. The molecule has 0 bridgehead atoms. The SMILES string of the molecule is O=C(NCc1cccnc1)C1Cc2ccccc2N2CCSCC12. The summed E-state index contributed by atoms with van der Waals surface area (Å²) in [5.74, 6) is 2.34. The number of nitrogens with zero attached hydrogens (tertiary/aromatic N) is 2. The molecule has 0 radical (unpaired) electrons. The minimum absolute atomic E-state index is 0.0179. The highest BCUT2D eigenvalue weighted by Gasteiger charge is 2.39. The summed E-state index contributed by atoms with van der Waals surface area (Å²) in [6.45, 7) is 1.57. The first-order chi connectivity index (χ1) is 11.8. The van der Waals surface area contributed by atoms with E-state index in [1.165, 1.54) is 11.3 Å². The second-order valence-corrected chi connectivity index (χ2v) is 7.50. The molecule has 1 fully saturated rings. The van der Waals surface area contributed by atoms with E-state index in [-0.39, 0.29) is 11.8 Å². The predicted octanol–water partition coefficient (Wildman–Crippen LogP) is 2.49. The van der Waals surface area contributed by atoms with E-state index in [1.807, 2.05) is 23.9 Å². The molecule has 1 aromatic carbocycles. The van der Waals surface area contributed by atoms with E-state index in [1.54, 1.807) is 12.4 Å². The summed E-state index contributed by atoms with van der Waals surface area (Å²) >= 11 is 1.96. The van der Waals surface area contributed by atoms with Crippen LogP contribution in [0.25, 0.3) is 0 Å². The number of hydrogen-bond donors (Lipinski definition) is 1. The molecule has 4 rings (SSSR count). The number of aromatic nitrogens is 1. The number of hydrogen-bond acceptors (Lipinski definition) is 4. The maximum atomic E-state index is 12.9. The van der Waals surface area contributed by atoms with Crippen LogP contribution in [-0.2, 0) is 17.8 Å². The molecule has 4 nitrogen and oxygen atoms in total. The summed E-state index contributed by atoms with van der Waals surface area (Å²) in [5.41, 5.74) is 3.65. The van der Waals surface area contributed by atoms with Crippen molar-refractivity contribution in [3.63, 3.8) is 0 Å². The predicted molar refractivity (Wildman–Crippen MR) is 98.2 cm³/mol. The highest BCUT2D eigenvalue weighted by Crippen LogP contribution is 2.37. The van der Waals surface area contributed by atoms with Crippen molar-refractivity contribution in [1.82, 2.24) is 10.3 Å². The minimum atomic E-state index is 0.0179. The van der Waals surface area contributed by atoms with E-state index in [0.29, 0.717) is 12.6 Å². The number of thioether (sulfide) groups is 1. The van der Waals surface area contributed by atoms with Crippen LogP contribution in [0.15, 0.2) is 48.8 Å². The highest BCUT2D eigenvalue weighted by molar-refractivity contribution is 7.99. The highest BCUT2D eigenvalue weighted by atomic mass is 32.2. The molecule has 2 atom stereocenters. The summed E-state index contributed by atoms with van der Waals surface area (Å²) in [6, 6.07) is 12.7. The molecule has 0 aliphatic carbocycles. The molecule has 2 aliphatic rings. The molecule has 2 aromatic rings. The molecule has 2 unspecified atom stereocenters. The minimum Gasteiger partial charge on any atom is -0.366 e. The Morgan fingerprint density at radius 3 is 3.08 bits per heavy atom. The molecule has 2 aliphatic heterocycles. The Hall–Kier alpha value is -2.01. The fourth-order valence-electron chi connectivity index (χ4n) is 3.68. The Bertz CT molecular complexity index is 722. The second-order valence-electron chi connectivity index (χ2n) is 6.35. The van der Waals surface area contributed by atoms with E-state index in [0.717, 1.165) is 30.0 Å². The maximum absolute atomic E-state index is 12.9. The van der Waals surface area contributed by atoms with Gasteiger partial charge in [0.25, 0.3) is 0 Å². The largest absolute Gasteiger partial charge is 0.366 e. The van der Waals surface area contributed by atoms with Crippen molar-refractivity contribution in [3.05, 3.63) is 59.9 Å². The quantitative estimate of drug-likeness (QED) is 0.933. The van der Waals surface area contributed by atoms with E-state index < -0.39 is 0 Å². The van der Waals surface area contributed by atoms with Gasteiger partial charge in [0, 0.05) is 48.7 Å². The normalized spacial score (nSPS) is 22.4. The topological polar surface area (TPSA) is 45.2 Å². The van der Waals surface area contributed by atoms with Crippen LogP contribution in [0.3, 0.4) is 0 Å². The van der Waals surface area contributed by atoms with Gasteiger partial charge in [0.1, 0.15) is 0 Å². The van der Waals surface area contributed by atoms with Gasteiger partial charge in [0.15, 0.2) is 0 Å². The number of rotatable bonds is 3. The summed E-state index contributed by atoms with van der Waals surface area (Å²) < 4.78 is 0. The molecule has 124 valence electrons. The van der Waals surface area contributed by atoms with Crippen molar-refractivity contribution in [2.75, 3.05) is 23.0 Å². The van der Waals surface area contributed by atoms with Crippen molar-refractivity contribution in [2.24, 2.45) is 5.92 Å². The number of carbonyl (C=O) groups is 1. The Morgan fingerprint density at radius 1 is 1.29 bits per heavy atom. The molecule has 1 N–H and O–H groups in total. The summed E-state index contributed by atoms with van der Waals surface area (Å²) in [5, 5.41) is 3.12. The number of para-hydroxylation sites is 1. The van der Waals surface area contributed by atoms with E-state index in [9.17, 15) is 4.79 Å². The Morgan fingerprint density at radius 2 is 2.21 bits per heavy atom. The first kappa shape index (κ1) is 15.5. The van der Waals surface area contributed by atoms with Gasteiger partial charge < -0.3 is 10.2 Å². The monoisotopic (exact) mass is 339 g/mol. The van der Waals surface area contributed by atoms with Crippen LogP contribution >= 0.6 is 11.8 Å². The molecule has 0 spiro atoms. The first-order valence-corrected chi connectivity index (χ1v) is 9.57. The molecular formula is C19H21N3OS. The van der Waals surface area contributed by atoms with Crippen LogP contribution in [0, 0.1) is 5.92 Å². The maximum Gasteiger partial charge on any atom is 0.225 e. The molecular weight excluding hydrogens is 318 g/mol. The molecule has 0 saturated carbocycles. The Kier molecular flexibility index (Phi) is 4.43. The van der Waals surface area contributed by atoms with Crippen molar-refractivity contribution in [2.45, 2.75) is 19.0 Å². The van der Waals surface area contributed by atoms with Crippen LogP contribution in [0.1, 0.15) is 11.1 Å². The number of pyridine rings is 1. The van der Waals surface area contributed by atoms with E-state index in [4.69, 9.17) is 0 Å². The number of anilines is 1. The van der Waals surface area contributed by atoms with Crippen molar-refractivity contribution >= 4 is 23.4 Å². The average Bonchev–Trinajstić information content (AvgIpc) is 2.66. The molecule has 24 heavy (non-hydrogen) atoms. The third kappa shape index (κ3) is 3.00. The lowest BCUT2D eigenvalue weighted by Crippen LogP contribution is -2.54. The van der Waals surface area contributed by atoms with Crippen molar-refractivity contribution < 1.29 is 4.79 Å². The summed E-state index contributed by atoms with van der Waals surface area (Å²) in [4.78, 5) is 19.4. The zero-order valence-corrected chi connectivity index (χ0v) is 14.3.